The lowest BCUT2D eigenvalue weighted by Crippen LogP contribution is -2.22. The van der Waals surface area contributed by atoms with Crippen LogP contribution in [0.4, 0.5) is 5.82 Å². The van der Waals surface area contributed by atoms with E-state index in [-0.39, 0.29) is 6.04 Å². The topological polar surface area (TPSA) is 122 Å². The molecule has 104 valence electrons. The second-order valence-electron chi connectivity index (χ2n) is 4.70. The molecule has 0 aliphatic heterocycles. The van der Waals surface area contributed by atoms with Gasteiger partial charge in [0.15, 0.2) is 11.5 Å². The van der Waals surface area contributed by atoms with Gasteiger partial charge >= 0.3 is 0 Å². The molecule has 19 heavy (non-hydrogen) atoms. The third-order valence-corrected chi connectivity index (χ3v) is 3.20. The van der Waals surface area contributed by atoms with Gasteiger partial charge in [0.2, 0.25) is 0 Å². The summed E-state index contributed by atoms with van der Waals surface area (Å²) in [5.41, 5.74) is 18.7. The molecule has 1 unspecified atom stereocenters. The van der Waals surface area contributed by atoms with Gasteiger partial charge < -0.3 is 21.8 Å². The normalized spacial score (nSPS) is 12.9. The fraction of sp³-hybridized carbons (Fsp3) is 0.583. The maximum Gasteiger partial charge on any atom is 0.165 e. The monoisotopic (exact) mass is 263 g/mol. The Hall–Kier alpha value is -1.73. The van der Waals surface area contributed by atoms with Gasteiger partial charge in [-0.3, -0.25) is 0 Å². The zero-order valence-electron chi connectivity index (χ0n) is 11.0. The van der Waals surface area contributed by atoms with Crippen molar-refractivity contribution in [2.75, 3.05) is 12.3 Å². The van der Waals surface area contributed by atoms with Gasteiger partial charge in [-0.2, -0.15) is 0 Å². The van der Waals surface area contributed by atoms with E-state index in [2.05, 4.69) is 15.0 Å². The first-order chi connectivity index (χ1) is 9.22. The molecule has 7 nitrogen and oxygen atoms in total. The summed E-state index contributed by atoms with van der Waals surface area (Å²) in [6.45, 7) is 1.52. The highest BCUT2D eigenvalue weighted by Crippen LogP contribution is 2.15. The van der Waals surface area contributed by atoms with Crippen LogP contribution in [0.3, 0.4) is 0 Å². The van der Waals surface area contributed by atoms with Crippen molar-refractivity contribution in [3.05, 3.63) is 12.7 Å². The molecule has 2 rings (SSSR count). The van der Waals surface area contributed by atoms with Gasteiger partial charge in [-0.25, -0.2) is 15.0 Å². The molecule has 0 saturated heterocycles. The Morgan fingerprint density at radius 2 is 2.00 bits per heavy atom. The van der Waals surface area contributed by atoms with Gasteiger partial charge in [0.1, 0.15) is 11.8 Å². The van der Waals surface area contributed by atoms with Crippen molar-refractivity contribution < 1.29 is 0 Å². The highest BCUT2D eigenvalue weighted by molar-refractivity contribution is 5.80. The van der Waals surface area contributed by atoms with Crippen LogP contribution < -0.4 is 17.2 Å². The highest BCUT2D eigenvalue weighted by Gasteiger charge is 2.09. The Balaban J connectivity index is 1.93. The van der Waals surface area contributed by atoms with Crippen LogP contribution in [-0.4, -0.2) is 32.1 Å². The largest absolute Gasteiger partial charge is 0.382 e. The predicted molar refractivity (Wildman–Crippen MR) is 75.2 cm³/mol. The number of aryl methyl sites for hydroxylation is 1. The second-order valence-corrected chi connectivity index (χ2v) is 4.70. The number of nitrogens with zero attached hydrogens (tertiary/aromatic N) is 4. The van der Waals surface area contributed by atoms with Gasteiger partial charge in [0.25, 0.3) is 0 Å². The Morgan fingerprint density at radius 3 is 2.79 bits per heavy atom. The minimum atomic E-state index is 0.184. The Bertz CT molecular complexity index is 522. The number of anilines is 1. The van der Waals surface area contributed by atoms with Gasteiger partial charge in [0, 0.05) is 12.6 Å². The summed E-state index contributed by atoms with van der Waals surface area (Å²) in [6.07, 6.45) is 7.20. The molecule has 0 spiro atoms. The first-order valence-corrected chi connectivity index (χ1v) is 6.59. The van der Waals surface area contributed by atoms with E-state index in [1.54, 1.807) is 6.33 Å². The third kappa shape index (κ3) is 3.39. The smallest absolute Gasteiger partial charge is 0.165 e. The molecule has 2 aromatic rings. The van der Waals surface area contributed by atoms with Crippen molar-refractivity contribution in [3.8, 4) is 0 Å². The maximum atomic E-state index is 6.07. The van der Waals surface area contributed by atoms with Crippen LogP contribution in [0.1, 0.15) is 25.7 Å². The van der Waals surface area contributed by atoms with Crippen LogP contribution in [0, 0.1) is 0 Å². The van der Waals surface area contributed by atoms with Crippen LogP contribution in [0.5, 0.6) is 0 Å². The van der Waals surface area contributed by atoms with Gasteiger partial charge in [-0.15, -0.1) is 0 Å². The molecule has 0 amide bonds. The van der Waals surface area contributed by atoms with Crippen molar-refractivity contribution in [1.29, 1.82) is 0 Å². The summed E-state index contributed by atoms with van der Waals surface area (Å²) in [5.74, 6) is 0.413. The summed E-state index contributed by atoms with van der Waals surface area (Å²) in [4.78, 5) is 12.4. The molecule has 2 heterocycles. The number of fused-ring (bicyclic) bond motifs is 1. The Labute approximate surface area is 112 Å². The van der Waals surface area contributed by atoms with E-state index < -0.39 is 0 Å². The molecule has 6 N–H and O–H groups in total. The molecular formula is C12H21N7. The van der Waals surface area contributed by atoms with E-state index in [0.717, 1.165) is 44.4 Å². The number of rotatable bonds is 7. The standard InChI is InChI=1S/C12H21N7/c13-5-2-1-3-9(14)4-6-19-8-18-10-11(15)16-7-17-12(10)19/h7-9H,1-6,13-14H2,(H2,15,16,17). The molecule has 1 atom stereocenters. The predicted octanol–water partition coefficient (Wildman–Crippen LogP) is 0.255. The second kappa shape index (κ2) is 6.44. The van der Waals surface area contributed by atoms with Crippen LogP contribution in [0.2, 0.25) is 0 Å². The molecular weight excluding hydrogens is 242 g/mol. The summed E-state index contributed by atoms with van der Waals surface area (Å²) < 4.78 is 1.97. The molecule has 0 aromatic carbocycles. The number of aromatic nitrogens is 4. The fourth-order valence-corrected chi connectivity index (χ4v) is 2.06. The van der Waals surface area contributed by atoms with Crippen LogP contribution in [-0.2, 0) is 6.54 Å². The van der Waals surface area contributed by atoms with E-state index in [1.807, 2.05) is 4.57 Å². The Kier molecular flexibility index (Phi) is 4.64. The third-order valence-electron chi connectivity index (χ3n) is 3.20. The van der Waals surface area contributed by atoms with Crippen molar-refractivity contribution >= 4 is 17.0 Å². The summed E-state index contributed by atoms with van der Waals surface area (Å²) in [7, 11) is 0. The molecule has 0 fully saturated rings. The van der Waals surface area contributed by atoms with E-state index in [1.165, 1.54) is 6.33 Å². The molecule has 0 aliphatic rings. The van der Waals surface area contributed by atoms with Gasteiger partial charge in [-0.05, 0) is 25.8 Å². The van der Waals surface area contributed by atoms with E-state index in [0.29, 0.717) is 11.3 Å². The van der Waals surface area contributed by atoms with Crippen molar-refractivity contribution in [3.63, 3.8) is 0 Å². The summed E-state index contributed by atoms with van der Waals surface area (Å²) in [6, 6.07) is 0.184. The number of hydrogen-bond acceptors (Lipinski definition) is 6. The summed E-state index contributed by atoms with van der Waals surface area (Å²) >= 11 is 0. The van der Waals surface area contributed by atoms with Crippen molar-refractivity contribution in [1.82, 2.24) is 19.5 Å². The SMILES string of the molecule is NCCCCC(N)CCn1cnc2c(N)ncnc21. The number of nitrogen functional groups attached to an aromatic ring is 1. The molecule has 0 bridgehead atoms. The lowest BCUT2D eigenvalue weighted by molar-refractivity contribution is 0.497. The van der Waals surface area contributed by atoms with E-state index in [4.69, 9.17) is 17.2 Å². The molecule has 2 aromatic heterocycles. The zero-order chi connectivity index (χ0) is 13.7. The Morgan fingerprint density at radius 1 is 1.16 bits per heavy atom. The van der Waals surface area contributed by atoms with Crippen molar-refractivity contribution in [2.45, 2.75) is 38.3 Å². The quantitative estimate of drug-likeness (QED) is 0.616. The van der Waals surface area contributed by atoms with Crippen LogP contribution >= 0.6 is 0 Å². The molecule has 0 saturated carbocycles. The fourth-order valence-electron chi connectivity index (χ4n) is 2.06. The van der Waals surface area contributed by atoms with Crippen molar-refractivity contribution in [2.24, 2.45) is 11.5 Å². The number of imidazole rings is 1. The van der Waals surface area contributed by atoms with Gasteiger partial charge in [0.05, 0.1) is 6.33 Å². The number of unbranched alkanes of at least 4 members (excludes halogenated alkanes) is 1. The molecule has 7 heteroatoms. The molecule has 0 aliphatic carbocycles. The lowest BCUT2D eigenvalue weighted by Gasteiger charge is -2.11. The molecule has 0 radical (unpaired) electrons. The zero-order valence-corrected chi connectivity index (χ0v) is 11.0. The average Bonchev–Trinajstić information content (AvgIpc) is 2.81. The minimum absolute atomic E-state index is 0.184. The minimum Gasteiger partial charge on any atom is -0.382 e. The first-order valence-electron chi connectivity index (χ1n) is 6.59. The number of nitrogens with two attached hydrogens (primary N) is 3. The number of hydrogen-bond donors (Lipinski definition) is 3. The van der Waals surface area contributed by atoms with Crippen LogP contribution in [0.15, 0.2) is 12.7 Å². The van der Waals surface area contributed by atoms with E-state index in [9.17, 15) is 0 Å². The summed E-state index contributed by atoms with van der Waals surface area (Å²) in [5, 5.41) is 0. The van der Waals surface area contributed by atoms with Gasteiger partial charge in [-0.1, -0.05) is 6.42 Å². The first kappa shape index (κ1) is 13.7. The maximum absolute atomic E-state index is 6.07. The lowest BCUT2D eigenvalue weighted by atomic mass is 10.1. The van der Waals surface area contributed by atoms with E-state index >= 15 is 0 Å². The van der Waals surface area contributed by atoms with Crippen LogP contribution in [0.25, 0.3) is 11.2 Å². The highest BCUT2D eigenvalue weighted by atomic mass is 15.1. The average molecular weight is 263 g/mol.